The van der Waals surface area contributed by atoms with Crippen LogP contribution in [0.5, 0.6) is 0 Å². The molecule has 31 heavy (non-hydrogen) atoms. The van der Waals surface area contributed by atoms with Crippen LogP contribution in [0, 0.1) is 27.7 Å². The van der Waals surface area contributed by atoms with Gasteiger partial charge in [0.15, 0.2) is 5.82 Å². The topological polar surface area (TPSA) is 96.6 Å². The molecule has 0 spiro atoms. The maximum Gasteiger partial charge on any atom is 0.243 e. The minimum absolute atomic E-state index is 0.0222. The van der Waals surface area contributed by atoms with Crippen LogP contribution in [-0.2, 0) is 27.7 Å². The molecule has 1 aliphatic heterocycles. The van der Waals surface area contributed by atoms with Gasteiger partial charge in [-0.15, -0.1) is 0 Å². The molecule has 0 unspecified atom stereocenters. The number of aryl methyl sites for hydroxylation is 4. The first kappa shape index (κ1) is 23.4. The van der Waals surface area contributed by atoms with E-state index in [0.717, 1.165) is 35.1 Å². The van der Waals surface area contributed by atoms with Gasteiger partial charge in [0.25, 0.3) is 0 Å². The maximum atomic E-state index is 13.4. The molecule has 170 valence electrons. The van der Waals surface area contributed by atoms with Gasteiger partial charge in [-0.1, -0.05) is 18.1 Å². The molecule has 8 nitrogen and oxygen atoms in total. The van der Waals surface area contributed by atoms with Crippen molar-refractivity contribution in [1.82, 2.24) is 19.3 Å². The van der Waals surface area contributed by atoms with E-state index in [1.54, 1.807) is 4.90 Å². The van der Waals surface area contributed by atoms with Crippen LogP contribution in [0.25, 0.3) is 0 Å². The second kappa shape index (κ2) is 9.48. The third kappa shape index (κ3) is 4.98. The van der Waals surface area contributed by atoms with Crippen molar-refractivity contribution in [2.24, 2.45) is 0 Å². The molecule has 1 amide bonds. The van der Waals surface area contributed by atoms with Crippen molar-refractivity contribution in [3.05, 3.63) is 40.0 Å². The molecule has 2 aromatic rings. The fourth-order valence-corrected chi connectivity index (χ4v) is 5.96. The van der Waals surface area contributed by atoms with E-state index in [9.17, 15) is 13.2 Å². The molecule has 1 aromatic heterocycles. The third-order valence-electron chi connectivity index (χ3n) is 6.02. The van der Waals surface area contributed by atoms with Crippen molar-refractivity contribution in [2.45, 2.75) is 65.2 Å². The lowest BCUT2D eigenvalue weighted by atomic mass is 10.0. The number of carbonyl (C=O) groups is 1. The summed E-state index contributed by atoms with van der Waals surface area (Å²) in [4.78, 5) is 19.0. The largest absolute Gasteiger partial charge is 0.340 e. The Bertz CT molecular complexity index is 1030. The van der Waals surface area contributed by atoms with Crippen molar-refractivity contribution in [2.75, 3.05) is 26.2 Å². The zero-order chi connectivity index (χ0) is 22.8. The summed E-state index contributed by atoms with van der Waals surface area (Å²) < 4.78 is 33.4. The van der Waals surface area contributed by atoms with Crippen LogP contribution in [0.2, 0.25) is 0 Å². The van der Waals surface area contributed by atoms with Crippen LogP contribution < -0.4 is 0 Å². The van der Waals surface area contributed by atoms with Gasteiger partial charge in [0.2, 0.25) is 21.8 Å². The molecule has 0 radical (unpaired) electrons. The van der Waals surface area contributed by atoms with Crippen LogP contribution in [0.1, 0.15) is 53.7 Å². The number of piperazine rings is 1. The quantitative estimate of drug-likeness (QED) is 0.646. The molecule has 1 fully saturated rings. The smallest absolute Gasteiger partial charge is 0.243 e. The number of amides is 1. The highest BCUT2D eigenvalue weighted by molar-refractivity contribution is 7.89. The molecule has 9 heteroatoms. The third-order valence-corrected chi connectivity index (χ3v) is 8.20. The van der Waals surface area contributed by atoms with Gasteiger partial charge in [-0.2, -0.15) is 9.29 Å². The summed E-state index contributed by atoms with van der Waals surface area (Å²) in [6.07, 6.45) is 2.37. The number of benzene rings is 1. The van der Waals surface area contributed by atoms with Gasteiger partial charge >= 0.3 is 0 Å². The predicted octanol–water partition coefficient (Wildman–Crippen LogP) is 2.72. The highest BCUT2D eigenvalue weighted by atomic mass is 32.2. The lowest BCUT2D eigenvalue weighted by Gasteiger charge is -2.34. The fourth-order valence-electron chi connectivity index (χ4n) is 3.96. The number of hydrogen-bond donors (Lipinski definition) is 0. The number of hydrogen-bond acceptors (Lipinski definition) is 6. The summed E-state index contributed by atoms with van der Waals surface area (Å²) in [6, 6.07) is 2.02. The molecule has 1 aromatic carbocycles. The zero-order valence-electron chi connectivity index (χ0n) is 19.1. The summed E-state index contributed by atoms with van der Waals surface area (Å²) in [5.41, 5.74) is 3.53. The van der Waals surface area contributed by atoms with E-state index in [4.69, 9.17) is 4.52 Å². The molecule has 3 rings (SSSR count). The van der Waals surface area contributed by atoms with E-state index in [1.165, 1.54) is 4.31 Å². The second-order valence-corrected chi connectivity index (χ2v) is 10.1. The zero-order valence-corrected chi connectivity index (χ0v) is 19.9. The number of carbonyl (C=O) groups excluding carboxylic acids is 1. The number of sulfonamides is 1. The van der Waals surface area contributed by atoms with Gasteiger partial charge in [0.1, 0.15) is 0 Å². The Balaban J connectivity index is 1.61. The molecule has 0 saturated carbocycles. The summed E-state index contributed by atoms with van der Waals surface area (Å²) in [5, 5.41) is 3.90. The molecular formula is C22H32N4O4S. The van der Waals surface area contributed by atoms with Crippen LogP contribution in [0.15, 0.2) is 15.5 Å². The highest BCUT2D eigenvalue weighted by Crippen LogP contribution is 2.29. The average molecular weight is 449 g/mol. The van der Waals surface area contributed by atoms with Crippen molar-refractivity contribution >= 4 is 15.9 Å². The number of nitrogens with zero attached hydrogens (tertiary/aromatic N) is 4. The molecule has 0 atom stereocenters. The standard InChI is InChI=1S/C22H32N4O4S/c1-6-7-19-23-20(30-24-19)8-9-21(27)25-10-12-26(13-11-25)31(28,29)22-17(4)15(2)14-16(3)18(22)5/h14H,6-13H2,1-5H3. The first-order chi connectivity index (χ1) is 14.6. The minimum atomic E-state index is -3.61. The summed E-state index contributed by atoms with van der Waals surface area (Å²) in [6.45, 7) is 11.0. The predicted molar refractivity (Wildman–Crippen MR) is 117 cm³/mol. The van der Waals surface area contributed by atoms with E-state index in [-0.39, 0.29) is 12.3 Å². The van der Waals surface area contributed by atoms with Gasteiger partial charge in [0, 0.05) is 45.4 Å². The Morgan fingerprint density at radius 2 is 1.65 bits per heavy atom. The lowest BCUT2D eigenvalue weighted by molar-refractivity contribution is -0.132. The molecule has 1 saturated heterocycles. The van der Waals surface area contributed by atoms with Crippen molar-refractivity contribution < 1.29 is 17.7 Å². The minimum Gasteiger partial charge on any atom is -0.340 e. The summed E-state index contributed by atoms with van der Waals surface area (Å²) in [7, 11) is -3.61. The van der Waals surface area contributed by atoms with Gasteiger partial charge in [-0.3, -0.25) is 4.79 Å². The van der Waals surface area contributed by atoms with Gasteiger partial charge in [-0.25, -0.2) is 8.42 Å². The van der Waals surface area contributed by atoms with E-state index < -0.39 is 10.0 Å². The van der Waals surface area contributed by atoms with Crippen molar-refractivity contribution in [3.8, 4) is 0 Å². The van der Waals surface area contributed by atoms with E-state index in [2.05, 4.69) is 10.1 Å². The fraction of sp³-hybridized carbons (Fsp3) is 0.591. The van der Waals surface area contributed by atoms with Gasteiger partial charge in [-0.05, 0) is 56.4 Å². The van der Waals surface area contributed by atoms with Crippen LogP contribution in [0.3, 0.4) is 0 Å². The van der Waals surface area contributed by atoms with E-state index in [1.807, 2.05) is 40.7 Å². The SMILES string of the molecule is CCCc1noc(CCC(=O)N2CCN(S(=O)(=O)c3c(C)c(C)cc(C)c3C)CC2)n1. The Morgan fingerprint density at radius 1 is 1.03 bits per heavy atom. The Labute approximate surface area is 184 Å². The summed E-state index contributed by atoms with van der Waals surface area (Å²) in [5.74, 6) is 1.12. The molecular weight excluding hydrogens is 416 g/mol. The van der Waals surface area contributed by atoms with Crippen LogP contribution in [-0.4, -0.2) is 59.8 Å². The molecule has 0 N–H and O–H groups in total. The normalized spacial score (nSPS) is 15.5. The Hall–Kier alpha value is -2.26. The highest BCUT2D eigenvalue weighted by Gasteiger charge is 2.32. The van der Waals surface area contributed by atoms with Gasteiger partial charge in [0.05, 0.1) is 4.90 Å². The summed E-state index contributed by atoms with van der Waals surface area (Å²) >= 11 is 0. The number of aromatic nitrogens is 2. The van der Waals surface area contributed by atoms with Crippen molar-refractivity contribution in [3.63, 3.8) is 0 Å². The van der Waals surface area contributed by atoms with Crippen LogP contribution in [0.4, 0.5) is 0 Å². The molecule has 1 aliphatic rings. The van der Waals surface area contributed by atoms with Crippen molar-refractivity contribution in [1.29, 1.82) is 0 Å². The molecule has 0 aliphatic carbocycles. The Morgan fingerprint density at radius 3 is 2.23 bits per heavy atom. The molecule has 2 heterocycles. The average Bonchev–Trinajstić information content (AvgIpc) is 3.18. The molecule has 0 bridgehead atoms. The number of rotatable bonds is 7. The van der Waals surface area contributed by atoms with E-state index >= 15 is 0 Å². The Kier molecular flexibility index (Phi) is 7.16. The first-order valence-corrected chi connectivity index (χ1v) is 12.3. The van der Waals surface area contributed by atoms with E-state index in [0.29, 0.717) is 49.2 Å². The monoisotopic (exact) mass is 448 g/mol. The van der Waals surface area contributed by atoms with Crippen LogP contribution >= 0.6 is 0 Å². The lowest BCUT2D eigenvalue weighted by Crippen LogP contribution is -2.50. The maximum absolute atomic E-state index is 13.4. The van der Waals surface area contributed by atoms with Gasteiger partial charge < -0.3 is 9.42 Å². The second-order valence-electron chi connectivity index (χ2n) is 8.23. The first-order valence-electron chi connectivity index (χ1n) is 10.8.